The number of rotatable bonds is 3. The van der Waals surface area contributed by atoms with Crippen LogP contribution >= 0.6 is 11.3 Å². The molecular formula is C21H17N3O2S. The second kappa shape index (κ2) is 6.55. The maximum Gasteiger partial charge on any atom is 0.274 e. The lowest BCUT2D eigenvalue weighted by Crippen LogP contribution is -2.42. The first-order valence-electron chi connectivity index (χ1n) is 8.81. The van der Waals surface area contributed by atoms with Crippen LogP contribution in [0.25, 0.3) is 10.8 Å². The Balaban J connectivity index is 1.52. The molecule has 0 saturated carbocycles. The maximum atomic E-state index is 13.3. The van der Waals surface area contributed by atoms with Crippen molar-refractivity contribution in [2.24, 2.45) is 0 Å². The van der Waals surface area contributed by atoms with Gasteiger partial charge >= 0.3 is 0 Å². The molecule has 3 aromatic heterocycles. The highest BCUT2D eigenvalue weighted by Crippen LogP contribution is 2.34. The van der Waals surface area contributed by atoms with Crippen LogP contribution in [0.15, 0.2) is 76.9 Å². The lowest BCUT2D eigenvalue weighted by Gasteiger charge is -2.37. The number of furan rings is 1. The Bertz CT molecular complexity index is 1070. The van der Waals surface area contributed by atoms with Crippen molar-refractivity contribution < 1.29 is 9.21 Å². The van der Waals surface area contributed by atoms with Gasteiger partial charge in [-0.1, -0.05) is 30.3 Å². The molecule has 6 heteroatoms. The van der Waals surface area contributed by atoms with E-state index < -0.39 is 0 Å². The van der Waals surface area contributed by atoms with E-state index in [0.717, 1.165) is 22.8 Å². The first-order chi connectivity index (χ1) is 13.3. The minimum atomic E-state index is -0.115. The third-order valence-electron chi connectivity index (χ3n) is 4.87. The zero-order valence-corrected chi connectivity index (χ0v) is 15.3. The minimum Gasteiger partial charge on any atom is -0.462 e. The number of hydrogen-bond donors (Lipinski definition) is 0. The van der Waals surface area contributed by atoms with Crippen molar-refractivity contribution in [2.45, 2.75) is 12.6 Å². The molecule has 0 aliphatic carbocycles. The van der Waals surface area contributed by atoms with Crippen molar-refractivity contribution >= 4 is 17.2 Å². The average Bonchev–Trinajstić information content (AvgIpc) is 3.48. The minimum absolute atomic E-state index is 0.0506. The molecule has 134 valence electrons. The first-order valence-corrected chi connectivity index (χ1v) is 9.69. The van der Waals surface area contributed by atoms with Crippen LogP contribution in [0.5, 0.6) is 0 Å². The topological polar surface area (TPSA) is 51.3 Å². The maximum absolute atomic E-state index is 13.3. The molecule has 0 spiro atoms. The van der Waals surface area contributed by atoms with Crippen LogP contribution in [0, 0.1) is 0 Å². The van der Waals surface area contributed by atoms with Gasteiger partial charge in [0.2, 0.25) is 0 Å². The first kappa shape index (κ1) is 16.1. The van der Waals surface area contributed by atoms with Gasteiger partial charge < -0.3 is 13.9 Å². The zero-order chi connectivity index (χ0) is 18.2. The van der Waals surface area contributed by atoms with Crippen molar-refractivity contribution in [3.63, 3.8) is 0 Å². The summed E-state index contributed by atoms with van der Waals surface area (Å²) in [4.78, 5) is 19.8. The molecule has 0 bridgehead atoms. The van der Waals surface area contributed by atoms with Gasteiger partial charge in [-0.15, -0.1) is 11.3 Å². The van der Waals surface area contributed by atoms with Crippen molar-refractivity contribution in [2.75, 3.05) is 6.54 Å². The van der Waals surface area contributed by atoms with Crippen LogP contribution in [0.1, 0.15) is 27.8 Å². The van der Waals surface area contributed by atoms with E-state index >= 15 is 0 Å². The van der Waals surface area contributed by atoms with Crippen LogP contribution in [0.3, 0.4) is 0 Å². The van der Waals surface area contributed by atoms with Crippen LogP contribution in [-0.4, -0.2) is 26.9 Å². The quantitative estimate of drug-likeness (QED) is 0.532. The summed E-state index contributed by atoms with van der Waals surface area (Å²) < 4.78 is 7.62. The Kier molecular flexibility index (Phi) is 3.90. The molecule has 0 saturated heterocycles. The van der Waals surface area contributed by atoms with Crippen LogP contribution < -0.4 is 0 Å². The fourth-order valence-corrected chi connectivity index (χ4v) is 4.38. The van der Waals surface area contributed by atoms with Gasteiger partial charge in [-0.25, -0.2) is 4.98 Å². The number of aromatic nitrogens is 2. The molecule has 1 unspecified atom stereocenters. The average molecular weight is 375 g/mol. The molecule has 0 radical (unpaired) electrons. The second-order valence-corrected chi connectivity index (χ2v) is 7.31. The van der Waals surface area contributed by atoms with Crippen molar-refractivity contribution in [3.05, 3.63) is 89.4 Å². The van der Waals surface area contributed by atoms with E-state index in [1.807, 2.05) is 46.7 Å². The fourth-order valence-electron chi connectivity index (χ4n) is 3.62. The van der Waals surface area contributed by atoms with Gasteiger partial charge in [-0.05, 0) is 29.8 Å². The van der Waals surface area contributed by atoms with Crippen LogP contribution in [0.2, 0.25) is 0 Å². The van der Waals surface area contributed by atoms with Gasteiger partial charge in [0.25, 0.3) is 5.91 Å². The normalized spacial score (nSPS) is 16.3. The Labute approximate surface area is 160 Å². The molecule has 4 heterocycles. The summed E-state index contributed by atoms with van der Waals surface area (Å²) in [6, 6.07) is 17.9. The van der Waals surface area contributed by atoms with Gasteiger partial charge in [0.1, 0.15) is 5.69 Å². The number of hydrogen-bond acceptors (Lipinski definition) is 4. The zero-order valence-electron chi connectivity index (χ0n) is 14.5. The van der Waals surface area contributed by atoms with Gasteiger partial charge in [-0.3, -0.25) is 4.79 Å². The second-order valence-electron chi connectivity index (χ2n) is 6.45. The Morgan fingerprint density at radius 1 is 1.07 bits per heavy atom. The molecular weight excluding hydrogens is 358 g/mol. The molecule has 5 nitrogen and oxygen atoms in total. The Morgan fingerprint density at radius 2 is 1.96 bits per heavy atom. The molecule has 0 N–H and O–H groups in total. The number of nitrogens with zero attached hydrogens (tertiary/aromatic N) is 3. The van der Waals surface area contributed by atoms with Gasteiger partial charge in [0, 0.05) is 30.4 Å². The van der Waals surface area contributed by atoms with Crippen LogP contribution in [-0.2, 0) is 6.54 Å². The number of fused-ring (bicyclic) bond motifs is 1. The fraction of sp³-hybridized carbons (Fsp3) is 0.143. The largest absolute Gasteiger partial charge is 0.462 e. The highest BCUT2D eigenvalue weighted by atomic mass is 32.1. The smallest absolute Gasteiger partial charge is 0.274 e. The van der Waals surface area contributed by atoms with E-state index in [1.165, 1.54) is 11.3 Å². The van der Waals surface area contributed by atoms with Crippen LogP contribution in [0.4, 0.5) is 0 Å². The summed E-state index contributed by atoms with van der Waals surface area (Å²) in [6.45, 7) is 1.43. The van der Waals surface area contributed by atoms with E-state index in [2.05, 4.69) is 33.9 Å². The van der Waals surface area contributed by atoms with Crippen molar-refractivity contribution in [1.29, 1.82) is 0 Å². The number of thiazole rings is 1. The van der Waals surface area contributed by atoms with E-state index in [-0.39, 0.29) is 11.9 Å². The third-order valence-corrected chi connectivity index (χ3v) is 5.73. The Hall–Kier alpha value is -3.12. The molecule has 1 aliphatic heterocycles. The van der Waals surface area contributed by atoms with Gasteiger partial charge in [0.05, 0.1) is 12.3 Å². The summed E-state index contributed by atoms with van der Waals surface area (Å²) in [5.74, 6) is 0.636. The number of carbonyl (C=O) groups is 1. The summed E-state index contributed by atoms with van der Waals surface area (Å²) in [5.41, 5.74) is 2.70. The molecule has 1 aliphatic rings. The molecule has 1 aromatic carbocycles. The summed E-state index contributed by atoms with van der Waals surface area (Å²) in [6.07, 6.45) is 3.69. The molecule has 27 heavy (non-hydrogen) atoms. The Morgan fingerprint density at radius 3 is 2.78 bits per heavy atom. The van der Waals surface area contributed by atoms with E-state index in [1.54, 1.807) is 6.26 Å². The van der Waals surface area contributed by atoms with Crippen molar-refractivity contribution in [3.8, 4) is 10.8 Å². The summed E-state index contributed by atoms with van der Waals surface area (Å²) >= 11 is 1.43. The van der Waals surface area contributed by atoms with E-state index in [0.29, 0.717) is 18.0 Å². The molecule has 1 amide bonds. The third kappa shape index (κ3) is 2.78. The van der Waals surface area contributed by atoms with E-state index in [4.69, 9.17) is 4.42 Å². The van der Waals surface area contributed by atoms with E-state index in [9.17, 15) is 4.79 Å². The standard InChI is InChI=1S/C21H17N3O2S/c25-21(16-14-27-20(22-16)18-9-5-13-26-18)24-12-11-23-10-4-8-17(23)19(24)15-6-2-1-3-7-15/h1-10,13-14,19H,11-12H2. The number of carbonyl (C=O) groups excluding carboxylic acids is 1. The number of amides is 1. The molecule has 1 atom stereocenters. The molecule has 4 aromatic rings. The van der Waals surface area contributed by atoms with Crippen molar-refractivity contribution in [1.82, 2.24) is 14.5 Å². The number of benzene rings is 1. The SMILES string of the molecule is O=C(c1csc(-c2ccco2)n1)N1CCn2cccc2C1c1ccccc1. The molecule has 0 fully saturated rings. The predicted octanol–water partition coefficient (Wildman–Crippen LogP) is 4.45. The highest BCUT2D eigenvalue weighted by Gasteiger charge is 2.33. The monoisotopic (exact) mass is 375 g/mol. The lowest BCUT2D eigenvalue weighted by molar-refractivity contribution is 0.0659. The van der Waals surface area contributed by atoms with Gasteiger partial charge in [-0.2, -0.15) is 0 Å². The highest BCUT2D eigenvalue weighted by molar-refractivity contribution is 7.13. The van der Waals surface area contributed by atoms with Gasteiger partial charge in [0.15, 0.2) is 10.8 Å². The summed E-state index contributed by atoms with van der Waals surface area (Å²) in [5, 5.41) is 2.54. The lowest BCUT2D eigenvalue weighted by atomic mass is 9.99. The molecule has 5 rings (SSSR count). The predicted molar refractivity (Wildman–Crippen MR) is 104 cm³/mol. The summed E-state index contributed by atoms with van der Waals surface area (Å²) in [7, 11) is 0.